The zero-order valence-electron chi connectivity index (χ0n) is 12.2. The minimum absolute atomic E-state index is 0.149. The van der Waals surface area contributed by atoms with Crippen LogP contribution in [0, 0.1) is 6.92 Å². The Morgan fingerprint density at radius 2 is 2.25 bits per heavy atom. The number of amides is 1. The van der Waals surface area contributed by atoms with E-state index in [0.717, 1.165) is 37.1 Å². The van der Waals surface area contributed by atoms with Gasteiger partial charge in [0, 0.05) is 25.6 Å². The van der Waals surface area contributed by atoms with Crippen molar-refractivity contribution in [1.29, 1.82) is 0 Å². The Bertz CT molecular complexity index is 448. The van der Waals surface area contributed by atoms with Crippen LogP contribution in [-0.2, 0) is 4.79 Å². The van der Waals surface area contributed by atoms with Gasteiger partial charge in [0.2, 0.25) is 5.91 Å². The summed E-state index contributed by atoms with van der Waals surface area (Å²) in [5.41, 5.74) is 7.02. The second-order valence-electron chi connectivity index (χ2n) is 5.46. The molecular formula is C16H24N2O2. The first kappa shape index (κ1) is 14.9. The molecule has 1 fully saturated rings. The van der Waals surface area contributed by atoms with E-state index in [4.69, 9.17) is 10.5 Å². The van der Waals surface area contributed by atoms with Crippen LogP contribution >= 0.6 is 0 Å². The molecule has 1 aliphatic heterocycles. The number of para-hydroxylation sites is 1. The minimum Gasteiger partial charge on any atom is -0.493 e. The summed E-state index contributed by atoms with van der Waals surface area (Å²) in [6.45, 7) is 4.16. The van der Waals surface area contributed by atoms with Crippen LogP contribution in [0.2, 0.25) is 0 Å². The molecule has 110 valence electrons. The quantitative estimate of drug-likeness (QED) is 0.838. The van der Waals surface area contributed by atoms with Crippen LogP contribution in [0.25, 0.3) is 0 Å². The average molecular weight is 276 g/mol. The van der Waals surface area contributed by atoms with Gasteiger partial charge >= 0.3 is 0 Å². The molecule has 20 heavy (non-hydrogen) atoms. The van der Waals surface area contributed by atoms with Gasteiger partial charge in [0.15, 0.2) is 0 Å². The van der Waals surface area contributed by atoms with Gasteiger partial charge in [0.05, 0.1) is 6.61 Å². The van der Waals surface area contributed by atoms with E-state index in [2.05, 4.69) is 0 Å². The van der Waals surface area contributed by atoms with Crippen LogP contribution in [0.4, 0.5) is 0 Å². The van der Waals surface area contributed by atoms with E-state index in [9.17, 15) is 4.79 Å². The number of hydrogen-bond acceptors (Lipinski definition) is 3. The highest BCUT2D eigenvalue weighted by Gasteiger charge is 2.20. The summed E-state index contributed by atoms with van der Waals surface area (Å²) < 4.78 is 5.70. The van der Waals surface area contributed by atoms with Crippen LogP contribution in [-0.4, -0.2) is 36.5 Å². The van der Waals surface area contributed by atoms with Crippen molar-refractivity contribution in [2.24, 2.45) is 5.73 Å². The number of carbonyl (C=O) groups is 1. The molecule has 4 heteroatoms. The fraction of sp³-hybridized carbons (Fsp3) is 0.562. The second-order valence-corrected chi connectivity index (χ2v) is 5.46. The molecule has 0 radical (unpaired) electrons. The van der Waals surface area contributed by atoms with E-state index in [1.54, 1.807) is 0 Å². The van der Waals surface area contributed by atoms with Crippen molar-refractivity contribution in [1.82, 2.24) is 4.90 Å². The lowest BCUT2D eigenvalue weighted by Crippen LogP contribution is -2.45. The van der Waals surface area contributed by atoms with Crippen molar-refractivity contribution in [2.75, 3.05) is 19.7 Å². The lowest BCUT2D eigenvalue weighted by molar-refractivity contribution is -0.132. The summed E-state index contributed by atoms with van der Waals surface area (Å²) in [4.78, 5) is 13.9. The van der Waals surface area contributed by atoms with Gasteiger partial charge in [-0.1, -0.05) is 18.2 Å². The van der Waals surface area contributed by atoms with Crippen LogP contribution in [0.5, 0.6) is 5.75 Å². The Labute approximate surface area is 120 Å². The molecule has 0 saturated carbocycles. The molecule has 1 aromatic carbocycles. The molecule has 1 unspecified atom stereocenters. The molecule has 1 saturated heterocycles. The molecule has 0 spiro atoms. The Morgan fingerprint density at radius 3 is 3.00 bits per heavy atom. The number of likely N-dealkylation sites (tertiary alicyclic amines) is 1. The van der Waals surface area contributed by atoms with Gasteiger partial charge in [0.25, 0.3) is 0 Å². The molecule has 1 aliphatic rings. The molecule has 0 bridgehead atoms. The van der Waals surface area contributed by atoms with E-state index in [-0.39, 0.29) is 11.9 Å². The van der Waals surface area contributed by atoms with Crippen LogP contribution in [0.1, 0.15) is 31.2 Å². The maximum Gasteiger partial charge on any atom is 0.222 e. The fourth-order valence-corrected chi connectivity index (χ4v) is 2.52. The zero-order valence-corrected chi connectivity index (χ0v) is 12.2. The number of carbonyl (C=O) groups excluding carboxylic acids is 1. The van der Waals surface area contributed by atoms with E-state index in [0.29, 0.717) is 19.6 Å². The Kier molecular flexibility index (Phi) is 5.41. The minimum atomic E-state index is 0.149. The third-order valence-electron chi connectivity index (χ3n) is 3.70. The predicted octanol–water partition coefficient (Wildman–Crippen LogP) is 2.10. The van der Waals surface area contributed by atoms with Crippen molar-refractivity contribution in [3.63, 3.8) is 0 Å². The largest absolute Gasteiger partial charge is 0.493 e. The first-order valence-corrected chi connectivity index (χ1v) is 7.38. The molecule has 4 nitrogen and oxygen atoms in total. The van der Waals surface area contributed by atoms with E-state index in [1.165, 1.54) is 0 Å². The van der Waals surface area contributed by atoms with Crippen molar-refractivity contribution < 1.29 is 9.53 Å². The fourth-order valence-electron chi connectivity index (χ4n) is 2.52. The Hall–Kier alpha value is -1.55. The summed E-state index contributed by atoms with van der Waals surface area (Å²) in [7, 11) is 0. The number of hydrogen-bond donors (Lipinski definition) is 1. The van der Waals surface area contributed by atoms with Gasteiger partial charge in [-0.15, -0.1) is 0 Å². The standard InChI is InChI=1S/C16H24N2O2/c1-13-6-2-3-8-15(13)20-11-5-9-16(19)18-10-4-7-14(17)12-18/h2-3,6,8,14H,4-5,7,9-12,17H2,1H3. The molecule has 1 heterocycles. The number of ether oxygens (including phenoxy) is 1. The first-order chi connectivity index (χ1) is 9.66. The van der Waals surface area contributed by atoms with E-state index in [1.807, 2.05) is 36.1 Å². The molecule has 1 aromatic rings. The molecule has 1 atom stereocenters. The highest BCUT2D eigenvalue weighted by atomic mass is 16.5. The number of rotatable bonds is 5. The summed E-state index contributed by atoms with van der Waals surface area (Å²) in [5.74, 6) is 1.11. The smallest absolute Gasteiger partial charge is 0.222 e. The highest BCUT2D eigenvalue weighted by Crippen LogP contribution is 2.16. The van der Waals surface area contributed by atoms with E-state index >= 15 is 0 Å². The van der Waals surface area contributed by atoms with Crippen molar-refractivity contribution in [3.8, 4) is 5.75 Å². The third-order valence-corrected chi connectivity index (χ3v) is 3.70. The van der Waals surface area contributed by atoms with Crippen LogP contribution in [0.15, 0.2) is 24.3 Å². The topological polar surface area (TPSA) is 55.6 Å². The molecule has 2 rings (SSSR count). The third kappa shape index (κ3) is 4.23. The lowest BCUT2D eigenvalue weighted by Gasteiger charge is -2.30. The Balaban J connectivity index is 1.68. The number of nitrogens with zero attached hydrogens (tertiary/aromatic N) is 1. The molecular weight excluding hydrogens is 252 g/mol. The molecule has 0 aliphatic carbocycles. The second kappa shape index (κ2) is 7.29. The molecule has 1 amide bonds. The number of benzene rings is 1. The summed E-state index contributed by atoms with van der Waals surface area (Å²) in [6, 6.07) is 8.08. The van der Waals surface area contributed by atoms with Gasteiger partial charge in [-0.3, -0.25) is 4.79 Å². The van der Waals surface area contributed by atoms with Gasteiger partial charge in [0.1, 0.15) is 5.75 Å². The van der Waals surface area contributed by atoms with Crippen LogP contribution in [0.3, 0.4) is 0 Å². The monoisotopic (exact) mass is 276 g/mol. The highest BCUT2D eigenvalue weighted by molar-refractivity contribution is 5.76. The molecule has 2 N–H and O–H groups in total. The Morgan fingerprint density at radius 1 is 1.45 bits per heavy atom. The predicted molar refractivity (Wildman–Crippen MR) is 79.7 cm³/mol. The zero-order chi connectivity index (χ0) is 14.4. The van der Waals surface area contributed by atoms with Gasteiger partial charge in [-0.25, -0.2) is 0 Å². The lowest BCUT2D eigenvalue weighted by atomic mass is 10.1. The normalized spacial score (nSPS) is 18.9. The van der Waals surface area contributed by atoms with Crippen LogP contribution < -0.4 is 10.5 Å². The van der Waals surface area contributed by atoms with Crippen molar-refractivity contribution in [3.05, 3.63) is 29.8 Å². The van der Waals surface area contributed by atoms with Crippen molar-refractivity contribution in [2.45, 2.75) is 38.6 Å². The number of piperidine rings is 1. The van der Waals surface area contributed by atoms with Gasteiger partial charge < -0.3 is 15.4 Å². The van der Waals surface area contributed by atoms with E-state index < -0.39 is 0 Å². The summed E-state index contributed by atoms with van der Waals surface area (Å²) >= 11 is 0. The van der Waals surface area contributed by atoms with Crippen molar-refractivity contribution >= 4 is 5.91 Å². The number of aryl methyl sites for hydroxylation is 1. The maximum absolute atomic E-state index is 12.0. The van der Waals surface area contributed by atoms with Gasteiger partial charge in [-0.05, 0) is 37.8 Å². The average Bonchev–Trinajstić information content (AvgIpc) is 2.45. The summed E-state index contributed by atoms with van der Waals surface area (Å²) in [6.07, 6.45) is 3.34. The maximum atomic E-state index is 12.0. The summed E-state index contributed by atoms with van der Waals surface area (Å²) in [5, 5.41) is 0. The SMILES string of the molecule is Cc1ccccc1OCCCC(=O)N1CCCC(N)C1. The molecule has 0 aromatic heterocycles. The first-order valence-electron chi connectivity index (χ1n) is 7.38. The van der Waals surface area contributed by atoms with Gasteiger partial charge in [-0.2, -0.15) is 0 Å². The number of nitrogens with two attached hydrogens (primary N) is 1.